The Kier molecular flexibility index (Phi) is 16.2. The molecule has 0 atom stereocenters. The first-order chi connectivity index (χ1) is 13.8. The van der Waals surface area contributed by atoms with Crippen LogP contribution >= 0.6 is 0 Å². The topological polar surface area (TPSA) is 110 Å². The van der Waals surface area contributed by atoms with E-state index < -0.39 is 27.8 Å². The van der Waals surface area contributed by atoms with E-state index >= 15 is 0 Å². The number of esters is 2. The maximum atomic E-state index is 12.3. The zero-order valence-corrected chi connectivity index (χ0v) is 20.9. The van der Waals surface area contributed by atoms with Gasteiger partial charge in [0.25, 0.3) is 0 Å². The summed E-state index contributed by atoms with van der Waals surface area (Å²) in [5.74, 6) is -1.96. The fourth-order valence-corrected chi connectivity index (χ4v) is 3.27. The van der Waals surface area contributed by atoms with Crippen molar-refractivity contribution in [2.24, 2.45) is 0 Å². The SMILES string of the molecule is CCCCCCCCCCOC(=O)c1ccccc1C(=O)OCCCS(=O)(=O)[O-].[Na+]. The van der Waals surface area contributed by atoms with E-state index in [1.807, 2.05) is 0 Å². The molecule has 0 saturated heterocycles. The van der Waals surface area contributed by atoms with Gasteiger partial charge in [-0.05, 0) is 25.0 Å². The Hall–Kier alpha value is -0.930. The third kappa shape index (κ3) is 13.4. The molecule has 0 unspecified atom stereocenters. The van der Waals surface area contributed by atoms with Crippen molar-refractivity contribution in [1.29, 1.82) is 0 Å². The molecule has 0 aliphatic rings. The van der Waals surface area contributed by atoms with Gasteiger partial charge in [0.15, 0.2) is 0 Å². The van der Waals surface area contributed by atoms with E-state index in [-0.39, 0.29) is 53.7 Å². The predicted molar refractivity (Wildman–Crippen MR) is 109 cm³/mol. The third-order valence-electron chi connectivity index (χ3n) is 4.37. The molecule has 0 aromatic heterocycles. The summed E-state index contributed by atoms with van der Waals surface area (Å²) in [6, 6.07) is 6.13. The van der Waals surface area contributed by atoms with Gasteiger partial charge in [-0.1, -0.05) is 64.0 Å². The average molecular weight is 451 g/mol. The van der Waals surface area contributed by atoms with Gasteiger partial charge in [0.2, 0.25) is 0 Å². The first-order valence-corrected chi connectivity index (χ1v) is 11.8. The number of carbonyl (C=O) groups excluding carboxylic acids is 2. The standard InChI is InChI=1S/C21H32O7S.Na/c1-2-3-4-5-6-7-8-11-15-27-20(22)18-13-9-10-14-19(18)21(23)28-16-12-17-29(24,25)26;/h9-10,13-14H,2-8,11-12,15-17H2,1H3,(H,24,25,26);/q;+1/p-1. The van der Waals surface area contributed by atoms with Crippen LogP contribution in [-0.4, -0.2) is 43.9 Å². The van der Waals surface area contributed by atoms with Gasteiger partial charge < -0.3 is 14.0 Å². The van der Waals surface area contributed by atoms with Crippen LogP contribution in [0.3, 0.4) is 0 Å². The first-order valence-electron chi connectivity index (χ1n) is 10.2. The fourth-order valence-electron chi connectivity index (χ4n) is 2.80. The van der Waals surface area contributed by atoms with Crippen molar-refractivity contribution in [1.82, 2.24) is 0 Å². The number of unbranched alkanes of at least 4 members (excludes halogenated alkanes) is 7. The van der Waals surface area contributed by atoms with Crippen LogP contribution < -0.4 is 29.6 Å². The molecule has 0 heterocycles. The minimum atomic E-state index is -4.35. The van der Waals surface area contributed by atoms with Gasteiger partial charge in [-0.15, -0.1) is 0 Å². The first kappa shape index (κ1) is 29.1. The maximum Gasteiger partial charge on any atom is 1.00 e. The van der Waals surface area contributed by atoms with E-state index in [0.29, 0.717) is 6.61 Å². The van der Waals surface area contributed by atoms with E-state index in [9.17, 15) is 22.6 Å². The van der Waals surface area contributed by atoms with Gasteiger partial charge in [0, 0.05) is 5.75 Å². The number of ether oxygens (including phenoxy) is 2. The molecular formula is C21H31NaO7S. The number of hydrogen-bond acceptors (Lipinski definition) is 7. The Labute approximate surface area is 201 Å². The van der Waals surface area contributed by atoms with Crippen LogP contribution in [0.1, 0.15) is 85.4 Å². The van der Waals surface area contributed by atoms with Crippen molar-refractivity contribution < 1.29 is 61.6 Å². The van der Waals surface area contributed by atoms with Crippen LogP contribution in [0.15, 0.2) is 24.3 Å². The molecule has 7 nitrogen and oxygen atoms in total. The second-order valence-corrected chi connectivity index (χ2v) is 8.43. The van der Waals surface area contributed by atoms with Gasteiger partial charge in [-0.3, -0.25) is 0 Å². The van der Waals surface area contributed by atoms with Crippen molar-refractivity contribution >= 4 is 22.1 Å². The van der Waals surface area contributed by atoms with Crippen molar-refractivity contribution in [3.63, 3.8) is 0 Å². The summed E-state index contributed by atoms with van der Waals surface area (Å²) in [5.41, 5.74) is 0.159. The summed E-state index contributed by atoms with van der Waals surface area (Å²) in [5, 5.41) is 0. The maximum absolute atomic E-state index is 12.3. The minimum absolute atomic E-state index is 0. The summed E-state index contributed by atoms with van der Waals surface area (Å²) in [7, 11) is -4.35. The van der Waals surface area contributed by atoms with Gasteiger partial charge in [0.05, 0.1) is 34.5 Å². The molecule has 0 aliphatic heterocycles. The third-order valence-corrected chi connectivity index (χ3v) is 5.16. The number of carbonyl (C=O) groups is 2. The van der Waals surface area contributed by atoms with Crippen molar-refractivity contribution in [2.45, 2.75) is 64.7 Å². The van der Waals surface area contributed by atoms with E-state index in [4.69, 9.17) is 9.47 Å². The largest absolute Gasteiger partial charge is 1.00 e. The molecular weight excluding hydrogens is 419 g/mol. The average Bonchev–Trinajstić information content (AvgIpc) is 2.69. The molecule has 0 N–H and O–H groups in total. The van der Waals surface area contributed by atoms with Gasteiger partial charge in [-0.2, -0.15) is 0 Å². The van der Waals surface area contributed by atoms with E-state index in [1.54, 1.807) is 12.1 Å². The Morgan fingerprint density at radius 3 is 1.70 bits per heavy atom. The van der Waals surface area contributed by atoms with Gasteiger partial charge >= 0.3 is 41.5 Å². The summed E-state index contributed by atoms with van der Waals surface area (Å²) in [6.07, 6.45) is 8.99. The predicted octanol–water partition coefficient (Wildman–Crippen LogP) is 1.08. The zero-order chi connectivity index (χ0) is 21.5. The molecule has 9 heteroatoms. The molecule has 0 saturated carbocycles. The molecule has 0 spiro atoms. The zero-order valence-electron chi connectivity index (χ0n) is 18.1. The Bertz CT molecular complexity index is 735. The molecule has 0 bridgehead atoms. The second kappa shape index (κ2) is 16.7. The van der Waals surface area contributed by atoms with Crippen LogP contribution in [-0.2, 0) is 19.6 Å². The number of benzene rings is 1. The summed E-state index contributed by atoms with van der Waals surface area (Å²) < 4.78 is 41.9. The molecule has 1 rings (SSSR count). The van der Waals surface area contributed by atoms with E-state index in [0.717, 1.165) is 19.3 Å². The molecule has 164 valence electrons. The molecule has 0 amide bonds. The summed E-state index contributed by atoms with van der Waals surface area (Å²) >= 11 is 0. The monoisotopic (exact) mass is 450 g/mol. The summed E-state index contributed by atoms with van der Waals surface area (Å²) in [4.78, 5) is 24.4. The normalized spacial score (nSPS) is 10.9. The van der Waals surface area contributed by atoms with Crippen molar-refractivity contribution in [3.8, 4) is 0 Å². The fraction of sp³-hybridized carbons (Fsp3) is 0.619. The Morgan fingerprint density at radius 1 is 0.800 bits per heavy atom. The molecule has 0 fully saturated rings. The van der Waals surface area contributed by atoms with Crippen molar-refractivity contribution in [2.75, 3.05) is 19.0 Å². The smallest absolute Gasteiger partial charge is 0.748 e. The molecule has 0 radical (unpaired) electrons. The van der Waals surface area contributed by atoms with E-state index in [2.05, 4.69) is 6.92 Å². The van der Waals surface area contributed by atoms with Crippen LogP contribution in [0.4, 0.5) is 0 Å². The van der Waals surface area contributed by atoms with Crippen LogP contribution in [0.25, 0.3) is 0 Å². The van der Waals surface area contributed by atoms with Gasteiger partial charge in [-0.25, -0.2) is 18.0 Å². The minimum Gasteiger partial charge on any atom is -0.748 e. The number of rotatable bonds is 15. The van der Waals surface area contributed by atoms with Gasteiger partial charge in [0.1, 0.15) is 0 Å². The van der Waals surface area contributed by atoms with Crippen LogP contribution in [0.5, 0.6) is 0 Å². The second-order valence-electron chi connectivity index (χ2n) is 6.91. The quantitative estimate of drug-likeness (QED) is 0.170. The van der Waals surface area contributed by atoms with Crippen molar-refractivity contribution in [3.05, 3.63) is 35.4 Å². The van der Waals surface area contributed by atoms with Crippen LogP contribution in [0, 0.1) is 0 Å². The number of hydrogen-bond donors (Lipinski definition) is 0. The molecule has 1 aromatic carbocycles. The van der Waals surface area contributed by atoms with Crippen LogP contribution in [0.2, 0.25) is 0 Å². The Morgan fingerprint density at radius 2 is 1.23 bits per heavy atom. The molecule has 30 heavy (non-hydrogen) atoms. The molecule has 0 aliphatic carbocycles. The summed E-state index contributed by atoms with van der Waals surface area (Å²) in [6.45, 7) is 2.26. The Balaban J connectivity index is 0.00000841. The molecule has 1 aromatic rings. The van der Waals surface area contributed by atoms with E-state index in [1.165, 1.54) is 44.2 Å².